The molecule has 1 N–H and O–H groups in total. The molecule has 0 bridgehead atoms. The van der Waals surface area contributed by atoms with Crippen LogP contribution in [0.2, 0.25) is 0 Å². The zero-order chi connectivity index (χ0) is 13.3. The van der Waals surface area contributed by atoms with Crippen LogP contribution in [0.4, 0.5) is 0 Å². The maximum Gasteiger partial charge on any atom is 0.270 e. The fourth-order valence-corrected chi connectivity index (χ4v) is 3.35. The average Bonchev–Trinajstić information content (AvgIpc) is 3.02. The van der Waals surface area contributed by atoms with Gasteiger partial charge in [-0.05, 0) is 11.4 Å². The van der Waals surface area contributed by atoms with Crippen LogP contribution in [0.25, 0.3) is 10.6 Å². The van der Waals surface area contributed by atoms with E-state index in [9.17, 15) is 4.79 Å². The molecule has 6 heteroatoms. The molecule has 0 aromatic carbocycles. The summed E-state index contributed by atoms with van der Waals surface area (Å²) < 4.78 is 5.17. The molecule has 3 rings (SSSR count). The topological polar surface area (TPSA) is 51.2 Å². The lowest BCUT2D eigenvalue weighted by Gasteiger charge is -2.37. The number of hydrogen-bond acceptors (Lipinski definition) is 5. The Morgan fingerprint density at radius 2 is 2.37 bits per heavy atom. The SMILES string of the molecule is CC1(CNC(=O)c2csc(-c3ccsc3)n2)COC1. The van der Waals surface area contributed by atoms with Gasteiger partial charge in [0.15, 0.2) is 0 Å². The van der Waals surface area contributed by atoms with Gasteiger partial charge in [-0.25, -0.2) is 4.98 Å². The van der Waals surface area contributed by atoms with Gasteiger partial charge < -0.3 is 10.1 Å². The number of nitrogens with one attached hydrogen (secondary N) is 1. The third-order valence-corrected chi connectivity index (χ3v) is 4.66. The number of carbonyl (C=O) groups excluding carboxylic acids is 1. The number of aromatic nitrogens is 1. The van der Waals surface area contributed by atoms with Crippen molar-refractivity contribution in [2.45, 2.75) is 6.92 Å². The van der Waals surface area contributed by atoms with Crippen molar-refractivity contribution in [3.05, 3.63) is 27.9 Å². The minimum atomic E-state index is -0.106. The second kappa shape index (κ2) is 5.03. The fourth-order valence-electron chi connectivity index (χ4n) is 1.83. The molecule has 0 spiro atoms. The summed E-state index contributed by atoms with van der Waals surface area (Å²) in [6.07, 6.45) is 0. The van der Waals surface area contributed by atoms with Crippen LogP contribution in [0.1, 0.15) is 17.4 Å². The second-order valence-electron chi connectivity index (χ2n) is 5.04. The number of hydrogen-bond donors (Lipinski definition) is 1. The minimum absolute atomic E-state index is 0.0852. The van der Waals surface area contributed by atoms with Crippen molar-refractivity contribution >= 4 is 28.6 Å². The van der Waals surface area contributed by atoms with Crippen molar-refractivity contribution in [1.29, 1.82) is 0 Å². The van der Waals surface area contributed by atoms with Crippen molar-refractivity contribution < 1.29 is 9.53 Å². The maximum atomic E-state index is 12.0. The van der Waals surface area contributed by atoms with Crippen molar-refractivity contribution in [3.8, 4) is 10.6 Å². The lowest BCUT2D eigenvalue weighted by Crippen LogP contribution is -2.48. The zero-order valence-electron chi connectivity index (χ0n) is 10.5. The molecular weight excluding hydrogens is 280 g/mol. The quantitative estimate of drug-likeness (QED) is 0.943. The van der Waals surface area contributed by atoms with Gasteiger partial charge in [-0.15, -0.1) is 11.3 Å². The van der Waals surface area contributed by atoms with Gasteiger partial charge in [-0.3, -0.25) is 4.79 Å². The van der Waals surface area contributed by atoms with Crippen molar-refractivity contribution in [1.82, 2.24) is 10.3 Å². The Bertz CT molecular complexity index is 573. The molecular formula is C13H14N2O2S2. The van der Waals surface area contributed by atoms with Gasteiger partial charge in [-0.1, -0.05) is 6.92 Å². The summed E-state index contributed by atoms with van der Waals surface area (Å²) in [4.78, 5) is 16.4. The number of nitrogens with zero attached hydrogens (tertiary/aromatic N) is 1. The van der Waals surface area contributed by atoms with E-state index in [1.165, 1.54) is 11.3 Å². The van der Waals surface area contributed by atoms with Gasteiger partial charge in [0.2, 0.25) is 0 Å². The molecule has 0 aliphatic carbocycles. The molecule has 1 aliphatic heterocycles. The summed E-state index contributed by atoms with van der Waals surface area (Å²) in [5, 5.41) is 9.67. The van der Waals surface area contributed by atoms with Gasteiger partial charge in [0.05, 0.1) is 13.2 Å². The molecule has 1 amide bonds. The normalized spacial score (nSPS) is 16.9. The zero-order valence-corrected chi connectivity index (χ0v) is 12.1. The van der Waals surface area contributed by atoms with Crippen LogP contribution in [-0.2, 0) is 4.74 Å². The third-order valence-electron chi connectivity index (χ3n) is 3.08. The molecule has 100 valence electrons. The van der Waals surface area contributed by atoms with E-state index in [1.54, 1.807) is 11.3 Å². The summed E-state index contributed by atoms with van der Waals surface area (Å²) in [6, 6.07) is 2.01. The van der Waals surface area contributed by atoms with E-state index in [2.05, 4.69) is 17.2 Å². The molecule has 3 heterocycles. The Balaban J connectivity index is 1.64. The summed E-state index contributed by atoms with van der Waals surface area (Å²) >= 11 is 3.13. The first-order chi connectivity index (χ1) is 9.16. The highest BCUT2D eigenvalue weighted by molar-refractivity contribution is 7.14. The largest absolute Gasteiger partial charge is 0.380 e. The first kappa shape index (κ1) is 12.8. The number of carbonyl (C=O) groups is 1. The number of thiazole rings is 1. The van der Waals surface area contributed by atoms with E-state index in [0.717, 1.165) is 10.6 Å². The summed E-state index contributed by atoms with van der Waals surface area (Å²) in [6.45, 7) is 4.17. The Morgan fingerprint density at radius 3 is 3.00 bits per heavy atom. The molecule has 2 aromatic heterocycles. The van der Waals surface area contributed by atoms with E-state index in [1.807, 2.05) is 22.2 Å². The van der Waals surface area contributed by atoms with E-state index >= 15 is 0 Å². The summed E-state index contributed by atoms with van der Waals surface area (Å²) in [7, 11) is 0. The predicted octanol–water partition coefficient (Wildman–Crippen LogP) is 2.64. The lowest BCUT2D eigenvalue weighted by molar-refractivity contribution is -0.0978. The number of rotatable bonds is 4. The van der Waals surface area contributed by atoms with Crippen molar-refractivity contribution in [2.75, 3.05) is 19.8 Å². The standard InChI is InChI=1S/C13H14N2O2S2/c1-13(7-17-8-13)6-14-11(16)10-5-19-12(15-10)9-2-3-18-4-9/h2-5H,6-8H2,1H3,(H,14,16). The smallest absolute Gasteiger partial charge is 0.270 e. The summed E-state index contributed by atoms with van der Waals surface area (Å²) in [5.41, 5.74) is 1.66. The Hall–Kier alpha value is -1.24. The van der Waals surface area contributed by atoms with Gasteiger partial charge in [-0.2, -0.15) is 11.3 Å². The first-order valence-corrected chi connectivity index (χ1v) is 7.83. The monoisotopic (exact) mass is 294 g/mol. The molecule has 0 unspecified atom stereocenters. The maximum absolute atomic E-state index is 12.0. The summed E-state index contributed by atoms with van der Waals surface area (Å²) in [5.74, 6) is -0.106. The van der Waals surface area contributed by atoms with Crippen molar-refractivity contribution in [2.24, 2.45) is 5.41 Å². The molecule has 1 saturated heterocycles. The molecule has 0 saturated carbocycles. The van der Waals surface area contributed by atoms with Gasteiger partial charge in [0, 0.05) is 28.3 Å². The Kier molecular flexibility index (Phi) is 3.38. The van der Waals surface area contributed by atoms with Gasteiger partial charge in [0.25, 0.3) is 5.91 Å². The van der Waals surface area contributed by atoms with Crippen LogP contribution in [0.3, 0.4) is 0 Å². The van der Waals surface area contributed by atoms with Gasteiger partial charge >= 0.3 is 0 Å². The lowest BCUT2D eigenvalue weighted by atomic mass is 9.89. The van der Waals surface area contributed by atoms with Gasteiger partial charge in [0.1, 0.15) is 10.7 Å². The average molecular weight is 294 g/mol. The number of amides is 1. The molecule has 4 nitrogen and oxygen atoms in total. The Labute approximate surface area is 119 Å². The van der Waals surface area contributed by atoms with Crippen LogP contribution >= 0.6 is 22.7 Å². The molecule has 2 aromatic rings. The molecule has 1 aliphatic rings. The fraction of sp³-hybridized carbons (Fsp3) is 0.385. The highest BCUT2D eigenvalue weighted by atomic mass is 32.1. The van der Waals surface area contributed by atoms with E-state index < -0.39 is 0 Å². The molecule has 0 atom stereocenters. The third kappa shape index (κ3) is 2.70. The highest BCUT2D eigenvalue weighted by Gasteiger charge is 2.33. The van der Waals surface area contributed by atoms with Crippen LogP contribution in [0.5, 0.6) is 0 Å². The minimum Gasteiger partial charge on any atom is -0.380 e. The van der Waals surface area contributed by atoms with E-state index in [-0.39, 0.29) is 11.3 Å². The number of ether oxygens (including phenoxy) is 1. The second-order valence-corrected chi connectivity index (χ2v) is 6.67. The van der Waals surface area contributed by atoms with Crippen LogP contribution in [0, 0.1) is 5.41 Å². The van der Waals surface area contributed by atoms with E-state index in [0.29, 0.717) is 25.5 Å². The van der Waals surface area contributed by atoms with Crippen LogP contribution < -0.4 is 5.32 Å². The Morgan fingerprint density at radius 1 is 1.53 bits per heavy atom. The molecule has 19 heavy (non-hydrogen) atoms. The van der Waals surface area contributed by atoms with E-state index in [4.69, 9.17) is 4.74 Å². The highest BCUT2D eigenvalue weighted by Crippen LogP contribution is 2.27. The predicted molar refractivity (Wildman–Crippen MR) is 76.7 cm³/mol. The molecule has 1 fully saturated rings. The van der Waals surface area contributed by atoms with Crippen LogP contribution in [-0.4, -0.2) is 30.6 Å². The van der Waals surface area contributed by atoms with Crippen molar-refractivity contribution in [3.63, 3.8) is 0 Å². The number of thiophene rings is 1. The first-order valence-electron chi connectivity index (χ1n) is 6.00. The van der Waals surface area contributed by atoms with Crippen LogP contribution in [0.15, 0.2) is 22.2 Å². The molecule has 0 radical (unpaired) electrons.